The molecule has 3 heterocycles. The van der Waals surface area contributed by atoms with Gasteiger partial charge in [-0.05, 0) is 32.9 Å². The first-order valence-corrected chi connectivity index (χ1v) is 6.58. The van der Waals surface area contributed by atoms with E-state index in [1.54, 1.807) is 12.4 Å². The van der Waals surface area contributed by atoms with Gasteiger partial charge in [0.25, 0.3) is 0 Å². The molecule has 102 valence electrons. The second-order valence-electron chi connectivity index (χ2n) is 4.58. The summed E-state index contributed by atoms with van der Waals surface area (Å²) < 4.78 is 1.97. The molecule has 0 fully saturated rings. The van der Waals surface area contributed by atoms with Gasteiger partial charge < -0.3 is 5.32 Å². The van der Waals surface area contributed by atoms with Crippen molar-refractivity contribution in [2.45, 2.75) is 27.3 Å². The third-order valence-corrected chi connectivity index (χ3v) is 3.27. The average molecular weight is 268 g/mol. The number of aromatic nitrogens is 5. The van der Waals surface area contributed by atoms with Gasteiger partial charge in [-0.2, -0.15) is 5.10 Å². The molecule has 0 saturated heterocycles. The highest BCUT2D eigenvalue weighted by Gasteiger charge is 2.11. The molecule has 0 spiro atoms. The Morgan fingerprint density at radius 2 is 1.95 bits per heavy atom. The molecule has 0 aliphatic rings. The standard InChI is InChI=1S/C14H16N6/c1-4-20-10(3)13(9(2)19-20)17-12-6-5-11-14(18-12)16-8-7-15-11/h5-8H,4H2,1-3H3,(H,16,17,18). The van der Waals surface area contributed by atoms with Crippen LogP contribution in [-0.4, -0.2) is 24.7 Å². The van der Waals surface area contributed by atoms with E-state index in [0.717, 1.165) is 35.0 Å². The third kappa shape index (κ3) is 2.09. The van der Waals surface area contributed by atoms with Gasteiger partial charge in [0, 0.05) is 18.9 Å². The van der Waals surface area contributed by atoms with E-state index in [4.69, 9.17) is 0 Å². The SMILES string of the molecule is CCn1nc(C)c(Nc2ccc3nccnc3n2)c1C. The monoisotopic (exact) mass is 268 g/mol. The Labute approximate surface area is 116 Å². The molecule has 0 radical (unpaired) electrons. The molecule has 0 amide bonds. The highest BCUT2D eigenvalue weighted by atomic mass is 15.3. The highest BCUT2D eigenvalue weighted by Crippen LogP contribution is 2.23. The molecule has 0 aliphatic heterocycles. The lowest BCUT2D eigenvalue weighted by Gasteiger charge is -2.07. The molecule has 0 aromatic carbocycles. The molecular formula is C14H16N6. The van der Waals surface area contributed by atoms with Gasteiger partial charge in [0.05, 0.1) is 17.1 Å². The van der Waals surface area contributed by atoms with Crippen molar-refractivity contribution in [3.63, 3.8) is 0 Å². The number of hydrogen-bond donors (Lipinski definition) is 1. The maximum absolute atomic E-state index is 4.49. The van der Waals surface area contributed by atoms with Crippen molar-refractivity contribution < 1.29 is 0 Å². The number of hydrogen-bond acceptors (Lipinski definition) is 5. The fourth-order valence-electron chi connectivity index (χ4n) is 2.24. The molecule has 6 nitrogen and oxygen atoms in total. The van der Waals surface area contributed by atoms with Crippen molar-refractivity contribution >= 4 is 22.7 Å². The number of rotatable bonds is 3. The first-order chi connectivity index (χ1) is 9.69. The zero-order valence-electron chi connectivity index (χ0n) is 11.8. The van der Waals surface area contributed by atoms with Crippen molar-refractivity contribution in [3.8, 4) is 0 Å². The van der Waals surface area contributed by atoms with Gasteiger partial charge in [0.15, 0.2) is 5.65 Å². The molecule has 0 saturated carbocycles. The highest BCUT2D eigenvalue weighted by molar-refractivity contribution is 5.73. The maximum atomic E-state index is 4.49. The Hall–Kier alpha value is -2.50. The van der Waals surface area contributed by atoms with E-state index in [-0.39, 0.29) is 0 Å². The summed E-state index contributed by atoms with van der Waals surface area (Å²) in [6.07, 6.45) is 3.31. The van der Waals surface area contributed by atoms with E-state index in [0.29, 0.717) is 5.65 Å². The van der Waals surface area contributed by atoms with Crippen molar-refractivity contribution in [2.24, 2.45) is 0 Å². The molecular weight excluding hydrogens is 252 g/mol. The molecule has 3 aromatic rings. The topological polar surface area (TPSA) is 68.5 Å². The van der Waals surface area contributed by atoms with Crippen LogP contribution in [0.25, 0.3) is 11.2 Å². The Bertz CT molecular complexity index is 761. The van der Waals surface area contributed by atoms with Gasteiger partial charge in [0.2, 0.25) is 0 Å². The summed E-state index contributed by atoms with van der Waals surface area (Å²) in [5.41, 5.74) is 4.49. The van der Waals surface area contributed by atoms with Crippen molar-refractivity contribution in [1.82, 2.24) is 24.7 Å². The van der Waals surface area contributed by atoms with E-state index >= 15 is 0 Å². The van der Waals surface area contributed by atoms with E-state index in [1.807, 2.05) is 30.7 Å². The third-order valence-electron chi connectivity index (χ3n) is 3.27. The second kappa shape index (κ2) is 4.88. The maximum Gasteiger partial charge on any atom is 0.180 e. The normalized spacial score (nSPS) is 10.9. The predicted octanol–water partition coefficient (Wildman–Crippen LogP) is 2.60. The molecule has 3 aromatic heterocycles. The van der Waals surface area contributed by atoms with E-state index in [9.17, 15) is 0 Å². The minimum Gasteiger partial charge on any atom is -0.337 e. The Kier molecular flexibility index (Phi) is 3.06. The smallest absolute Gasteiger partial charge is 0.180 e. The molecule has 20 heavy (non-hydrogen) atoms. The summed E-state index contributed by atoms with van der Waals surface area (Å²) >= 11 is 0. The lowest BCUT2D eigenvalue weighted by Crippen LogP contribution is -2.00. The van der Waals surface area contributed by atoms with E-state index in [1.165, 1.54) is 0 Å². The van der Waals surface area contributed by atoms with Crippen LogP contribution in [0.4, 0.5) is 11.5 Å². The van der Waals surface area contributed by atoms with Gasteiger partial charge in [-0.1, -0.05) is 0 Å². The fourth-order valence-corrected chi connectivity index (χ4v) is 2.24. The van der Waals surface area contributed by atoms with Crippen LogP contribution < -0.4 is 5.32 Å². The summed E-state index contributed by atoms with van der Waals surface area (Å²) in [6.45, 7) is 6.97. The van der Waals surface area contributed by atoms with Gasteiger partial charge in [-0.25, -0.2) is 9.97 Å². The molecule has 0 atom stereocenters. The summed E-state index contributed by atoms with van der Waals surface area (Å²) in [5.74, 6) is 0.750. The summed E-state index contributed by atoms with van der Waals surface area (Å²) in [5, 5.41) is 7.81. The predicted molar refractivity (Wildman–Crippen MR) is 78.0 cm³/mol. The minimum absolute atomic E-state index is 0.635. The van der Waals surface area contributed by atoms with E-state index < -0.39 is 0 Å². The van der Waals surface area contributed by atoms with Gasteiger partial charge >= 0.3 is 0 Å². The average Bonchev–Trinajstić information content (AvgIpc) is 2.74. The van der Waals surface area contributed by atoms with Crippen molar-refractivity contribution in [1.29, 1.82) is 0 Å². The summed E-state index contributed by atoms with van der Waals surface area (Å²) in [4.78, 5) is 12.9. The van der Waals surface area contributed by atoms with Crippen LogP contribution in [0.15, 0.2) is 24.5 Å². The van der Waals surface area contributed by atoms with Gasteiger partial charge in [-0.3, -0.25) is 9.67 Å². The summed E-state index contributed by atoms with van der Waals surface area (Å²) in [7, 11) is 0. The van der Waals surface area contributed by atoms with Crippen LogP contribution in [0.1, 0.15) is 18.3 Å². The Morgan fingerprint density at radius 3 is 2.70 bits per heavy atom. The molecule has 0 bridgehead atoms. The molecule has 0 unspecified atom stereocenters. The first-order valence-electron chi connectivity index (χ1n) is 6.58. The van der Waals surface area contributed by atoms with Crippen LogP contribution >= 0.6 is 0 Å². The molecule has 1 N–H and O–H groups in total. The van der Waals surface area contributed by atoms with Crippen LogP contribution in [0, 0.1) is 13.8 Å². The molecule has 3 rings (SSSR count). The fraction of sp³-hybridized carbons (Fsp3) is 0.286. The number of aryl methyl sites for hydroxylation is 2. The van der Waals surface area contributed by atoms with Crippen LogP contribution in [0.5, 0.6) is 0 Å². The lowest BCUT2D eigenvalue weighted by atomic mass is 10.3. The van der Waals surface area contributed by atoms with Crippen LogP contribution in [0.3, 0.4) is 0 Å². The quantitative estimate of drug-likeness (QED) is 0.790. The zero-order chi connectivity index (χ0) is 14.1. The molecule has 0 aliphatic carbocycles. The van der Waals surface area contributed by atoms with E-state index in [2.05, 4.69) is 32.3 Å². The second-order valence-corrected chi connectivity index (χ2v) is 4.58. The summed E-state index contributed by atoms with van der Waals surface area (Å²) in [6, 6.07) is 3.81. The van der Waals surface area contributed by atoms with Gasteiger partial charge in [-0.15, -0.1) is 0 Å². The van der Waals surface area contributed by atoms with Crippen LogP contribution in [-0.2, 0) is 6.54 Å². The zero-order valence-corrected chi connectivity index (χ0v) is 11.8. The molecule has 6 heteroatoms. The minimum atomic E-state index is 0.635. The number of pyridine rings is 1. The lowest BCUT2D eigenvalue weighted by molar-refractivity contribution is 0.634. The number of nitrogens with zero attached hydrogens (tertiary/aromatic N) is 5. The van der Waals surface area contributed by atoms with Crippen molar-refractivity contribution in [2.75, 3.05) is 5.32 Å². The van der Waals surface area contributed by atoms with Crippen LogP contribution in [0.2, 0.25) is 0 Å². The number of anilines is 2. The largest absolute Gasteiger partial charge is 0.337 e. The Morgan fingerprint density at radius 1 is 1.15 bits per heavy atom. The first kappa shape index (κ1) is 12.5. The van der Waals surface area contributed by atoms with Gasteiger partial charge in [0.1, 0.15) is 11.3 Å². The van der Waals surface area contributed by atoms with Crippen molar-refractivity contribution in [3.05, 3.63) is 35.9 Å². The Balaban J connectivity index is 1.99. The number of nitrogens with one attached hydrogen (secondary N) is 1. The number of fused-ring (bicyclic) bond motifs is 1.